The number of hydrogen-bond donors (Lipinski definition) is 1. The lowest BCUT2D eigenvalue weighted by Crippen LogP contribution is -2.35. The van der Waals surface area contributed by atoms with Crippen molar-refractivity contribution in [1.29, 1.82) is 0 Å². The maximum Gasteiger partial charge on any atom is 0.287 e. The van der Waals surface area contributed by atoms with Crippen molar-refractivity contribution in [3.8, 4) is 11.3 Å². The van der Waals surface area contributed by atoms with E-state index in [1.807, 2.05) is 31.2 Å². The third-order valence-electron chi connectivity index (χ3n) is 3.44. The summed E-state index contributed by atoms with van der Waals surface area (Å²) >= 11 is 0. The molecule has 0 aliphatic rings. The van der Waals surface area contributed by atoms with Gasteiger partial charge in [-0.15, -0.1) is 0 Å². The number of carbonyl (C=O) groups excluding carboxylic acids is 1. The van der Waals surface area contributed by atoms with Gasteiger partial charge in [-0.2, -0.15) is 0 Å². The Kier molecular flexibility index (Phi) is 5.23. The lowest BCUT2D eigenvalue weighted by atomic mass is 10.1. The molecule has 2 aromatic rings. The molecule has 0 aliphatic heterocycles. The van der Waals surface area contributed by atoms with E-state index in [4.69, 9.17) is 4.42 Å². The average molecular weight is 336 g/mol. The van der Waals surface area contributed by atoms with E-state index in [1.54, 1.807) is 12.1 Å². The number of rotatable bonds is 6. The Morgan fingerprint density at radius 3 is 2.43 bits per heavy atom. The van der Waals surface area contributed by atoms with Crippen LogP contribution in [0.25, 0.3) is 11.3 Å². The van der Waals surface area contributed by atoms with Crippen LogP contribution in [0.4, 0.5) is 0 Å². The average Bonchev–Trinajstić information content (AvgIpc) is 2.96. The Bertz CT molecular complexity index is 779. The summed E-state index contributed by atoms with van der Waals surface area (Å²) in [5.74, 6) is 0.441. The Labute approximate surface area is 136 Å². The monoisotopic (exact) mass is 336 g/mol. The van der Waals surface area contributed by atoms with Crippen molar-refractivity contribution >= 4 is 15.9 Å². The summed E-state index contributed by atoms with van der Waals surface area (Å²) in [6, 6.07) is 11.1. The number of carbonyl (C=O) groups is 1. The van der Waals surface area contributed by atoms with Crippen LogP contribution in [0.15, 0.2) is 40.8 Å². The number of sulfonamides is 1. The molecule has 1 N–H and O–H groups in total. The summed E-state index contributed by atoms with van der Waals surface area (Å²) in [5.41, 5.74) is 2.04. The molecule has 0 saturated heterocycles. The van der Waals surface area contributed by atoms with Crippen LogP contribution in [0.1, 0.15) is 16.1 Å². The van der Waals surface area contributed by atoms with E-state index in [0.717, 1.165) is 17.4 Å². The highest BCUT2D eigenvalue weighted by atomic mass is 32.2. The Hall–Kier alpha value is -2.12. The van der Waals surface area contributed by atoms with Crippen LogP contribution >= 0.6 is 0 Å². The SMILES string of the molecule is Cc1ccc(-c2ccc(C(=O)NCCN(C)S(C)(=O)=O)o2)cc1. The number of furan rings is 1. The van der Waals surface area contributed by atoms with Gasteiger partial charge >= 0.3 is 0 Å². The second-order valence-electron chi connectivity index (χ2n) is 5.37. The largest absolute Gasteiger partial charge is 0.451 e. The van der Waals surface area contributed by atoms with Crippen molar-refractivity contribution in [1.82, 2.24) is 9.62 Å². The predicted octanol–water partition coefficient (Wildman–Crippen LogP) is 1.88. The first-order valence-electron chi connectivity index (χ1n) is 7.14. The summed E-state index contributed by atoms with van der Waals surface area (Å²) in [6.07, 6.45) is 1.12. The molecule has 0 bridgehead atoms. The fraction of sp³-hybridized carbons (Fsp3) is 0.312. The van der Waals surface area contributed by atoms with Crippen molar-refractivity contribution in [3.63, 3.8) is 0 Å². The minimum absolute atomic E-state index is 0.197. The van der Waals surface area contributed by atoms with Gasteiger partial charge in [-0.1, -0.05) is 29.8 Å². The Morgan fingerprint density at radius 1 is 1.17 bits per heavy atom. The van der Waals surface area contributed by atoms with E-state index >= 15 is 0 Å². The van der Waals surface area contributed by atoms with E-state index in [1.165, 1.54) is 11.4 Å². The van der Waals surface area contributed by atoms with Gasteiger partial charge in [0.1, 0.15) is 5.76 Å². The molecule has 6 nitrogen and oxygen atoms in total. The molecule has 0 radical (unpaired) electrons. The van der Waals surface area contributed by atoms with Gasteiger partial charge in [0, 0.05) is 25.7 Å². The molecule has 23 heavy (non-hydrogen) atoms. The topological polar surface area (TPSA) is 79.6 Å². The first-order valence-corrected chi connectivity index (χ1v) is 8.98. The van der Waals surface area contributed by atoms with E-state index in [0.29, 0.717) is 5.76 Å². The van der Waals surface area contributed by atoms with Crippen LogP contribution in [0.2, 0.25) is 0 Å². The van der Waals surface area contributed by atoms with Crippen molar-refractivity contribution in [2.45, 2.75) is 6.92 Å². The lowest BCUT2D eigenvalue weighted by Gasteiger charge is -2.13. The maximum absolute atomic E-state index is 12.0. The van der Waals surface area contributed by atoms with Crippen molar-refractivity contribution in [2.75, 3.05) is 26.4 Å². The highest BCUT2D eigenvalue weighted by molar-refractivity contribution is 7.88. The molecule has 1 aromatic heterocycles. The summed E-state index contributed by atoms with van der Waals surface area (Å²) in [7, 11) is -1.78. The highest BCUT2D eigenvalue weighted by Crippen LogP contribution is 2.22. The zero-order chi connectivity index (χ0) is 17.0. The fourth-order valence-corrected chi connectivity index (χ4v) is 2.34. The molecule has 2 rings (SSSR count). The minimum Gasteiger partial charge on any atom is -0.451 e. The molecule has 0 aliphatic carbocycles. The van der Waals surface area contributed by atoms with Crippen LogP contribution < -0.4 is 5.32 Å². The van der Waals surface area contributed by atoms with Crippen LogP contribution in [0.3, 0.4) is 0 Å². The van der Waals surface area contributed by atoms with E-state index < -0.39 is 10.0 Å². The summed E-state index contributed by atoms with van der Waals surface area (Å²) in [4.78, 5) is 12.0. The van der Waals surface area contributed by atoms with E-state index in [-0.39, 0.29) is 24.8 Å². The number of aryl methyl sites for hydroxylation is 1. The molecular weight excluding hydrogens is 316 g/mol. The smallest absolute Gasteiger partial charge is 0.287 e. The standard InChI is InChI=1S/C16H20N2O4S/c1-12-4-6-13(7-5-12)14-8-9-15(22-14)16(19)17-10-11-18(2)23(3,20)21/h4-9H,10-11H2,1-3H3,(H,17,19). The zero-order valence-electron chi connectivity index (χ0n) is 13.4. The number of amides is 1. The number of benzene rings is 1. The third kappa shape index (κ3) is 4.67. The molecule has 0 unspecified atom stereocenters. The summed E-state index contributed by atoms with van der Waals surface area (Å²) < 4.78 is 29.2. The summed E-state index contributed by atoms with van der Waals surface area (Å²) in [5, 5.41) is 2.64. The molecule has 0 spiro atoms. The second-order valence-corrected chi connectivity index (χ2v) is 7.46. The van der Waals surface area contributed by atoms with Gasteiger partial charge in [0.05, 0.1) is 6.26 Å². The lowest BCUT2D eigenvalue weighted by molar-refractivity contribution is 0.0925. The van der Waals surface area contributed by atoms with Crippen LogP contribution in [-0.2, 0) is 10.0 Å². The van der Waals surface area contributed by atoms with Gasteiger partial charge in [-0.25, -0.2) is 12.7 Å². The molecule has 124 valence electrons. The minimum atomic E-state index is -3.24. The normalized spacial score (nSPS) is 11.7. The quantitative estimate of drug-likeness (QED) is 0.873. The number of nitrogens with zero attached hydrogens (tertiary/aromatic N) is 1. The van der Waals surface area contributed by atoms with Crippen LogP contribution in [0.5, 0.6) is 0 Å². The molecule has 0 atom stereocenters. The Balaban J connectivity index is 1.95. The third-order valence-corrected chi connectivity index (χ3v) is 4.76. The van der Waals surface area contributed by atoms with Gasteiger partial charge in [-0.05, 0) is 19.1 Å². The van der Waals surface area contributed by atoms with Crippen molar-refractivity contribution < 1.29 is 17.6 Å². The van der Waals surface area contributed by atoms with Gasteiger partial charge in [0.2, 0.25) is 10.0 Å². The molecular formula is C16H20N2O4S. The fourth-order valence-electron chi connectivity index (χ4n) is 1.91. The first-order chi connectivity index (χ1) is 10.8. The number of hydrogen-bond acceptors (Lipinski definition) is 4. The van der Waals surface area contributed by atoms with Crippen LogP contribution in [0, 0.1) is 6.92 Å². The second kappa shape index (κ2) is 6.97. The van der Waals surface area contributed by atoms with Gasteiger partial charge < -0.3 is 9.73 Å². The maximum atomic E-state index is 12.0. The molecule has 0 fully saturated rings. The number of nitrogens with one attached hydrogen (secondary N) is 1. The van der Waals surface area contributed by atoms with Gasteiger partial charge in [0.15, 0.2) is 5.76 Å². The van der Waals surface area contributed by atoms with Gasteiger partial charge in [-0.3, -0.25) is 4.79 Å². The predicted molar refractivity (Wildman–Crippen MR) is 88.7 cm³/mol. The molecule has 7 heteroatoms. The number of likely N-dealkylation sites (N-methyl/N-ethyl adjacent to an activating group) is 1. The molecule has 1 heterocycles. The van der Waals surface area contributed by atoms with Crippen LogP contribution in [-0.4, -0.2) is 45.0 Å². The van der Waals surface area contributed by atoms with Gasteiger partial charge in [0.25, 0.3) is 5.91 Å². The van der Waals surface area contributed by atoms with Crippen molar-refractivity contribution in [2.24, 2.45) is 0 Å². The van der Waals surface area contributed by atoms with E-state index in [2.05, 4.69) is 5.32 Å². The summed E-state index contributed by atoms with van der Waals surface area (Å²) in [6.45, 7) is 2.41. The van der Waals surface area contributed by atoms with E-state index in [9.17, 15) is 13.2 Å². The highest BCUT2D eigenvalue weighted by Gasteiger charge is 2.14. The first kappa shape index (κ1) is 17.2. The molecule has 0 saturated carbocycles. The zero-order valence-corrected chi connectivity index (χ0v) is 14.2. The molecule has 1 amide bonds. The Morgan fingerprint density at radius 2 is 1.83 bits per heavy atom. The molecule has 1 aromatic carbocycles. The van der Waals surface area contributed by atoms with Crippen molar-refractivity contribution in [3.05, 3.63) is 47.7 Å².